The fourth-order valence-corrected chi connectivity index (χ4v) is 1.62. The Morgan fingerprint density at radius 3 is 3.08 bits per heavy atom. The number of halogens is 1. The SMILES string of the molecule is COc1c(N)cnc2occ(Br)c12. The minimum Gasteiger partial charge on any atom is -0.494 e. The highest BCUT2D eigenvalue weighted by molar-refractivity contribution is 9.10. The zero-order valence-corrected chi connectivity index (χ0v) is 8.46. The molecule has 0 saturated carbocycles. The van der Waals surface area contributed by atoms with E-state index in [1.807, 2.05) is 0 Å². The minimum absolute atomic E-state index is 0.497. The molecule has 0 spiro atoms. The molecule has 0 fully saturated rings. The van der Waals surface area contributed by atoms with Gasteiger partial charge in [0.15, 0.2) is 5.75 Å². The second kappa shape index (κ2) is 2.92. The summed E-state index contributed by atoms with van der Waals surface area (Å²) in [4.78, 5) is 4.01. The standard InChI is InChI=1S/C8H7BrN2O2/c1-12-7-5(10)2-11-8-6(7)4(9)3-13-8/h2-3H,10H2,1H3. The first-order valence-corrected chi connectivity index (χ1v) is 4.38. The van der Waals surface area contributed by atoms with Crippen molar-refractivity contribution >= 4 is 32.7 Å². The van der Waals surface area contributed by atoms with Crippen LogP contribution in [0.1, 0.15) is 0 Å². The van der Waals surface area contributed by atoms with Gasteiger partial charge >= 0.3 is 0 Å². The molecule has 2 aromatic heterocycles. The van der Waals surface area contributed by atoms with Gasteiger partial charge in [-0.05, 0) is 15.9 Å². The first-order valence-electron chi connectivity index (χ1n) is 3.59. The Morgan fingerprint density at radius 1 is 1.62 bits per heavy atom. The van der Waals surface area contributed by atoms with E-state index in [1.54, 1.807) is 13.4 Å². The van der Waals surface area contributed by atoms with Gasteiger partial charge in [0.25, 0.3) is 0 Å². The molecular weight excluding hydrogens is 236 g/mol. The van der Waals surface area contributed by atoms with Crippen molar-refractivity contribution in [2.45, 2.75) is 0 Å². The zero-order valence-electron chi connectivity index (χ0n) is 6.87. The summed E-state index contributed by atoms with van der Waals surface area (Å²) in [5.74, 6) is 0.589. The van der Waals surface area contributed by atoms with E-state index in [0.717, 1.165) is 9.86 Å². The third-order valence-electron chi connectivity index (χ3n) is 1.74. The highest BCUT2D eigenvalue weighted by Gasteiger charge is 2.13. The molecular formula is C8H7BrN2O2. The highest BCUT2D eigenvalue weighted by atomic mass is 79.9. The van der Waals surface area contributed by atoms with Gasteiger partial charge in [-0.15, -0.1) is 0 Å². The summed E-state index contributed by atoms with van der Waals surface area (Å²) in [6.07, 6.45) is 3.07. The quantitative estimate of drug-likeness (QED) is 0.833. The number of fused-ring (bicyclic) bond motifs is 1. The monoisotopic (exact) mass is 242 g/mol. The average Bonchev–Trinajstić information content (AvgIpc) is 2.49. The van der Waals surface area contributed by atoms with Crippen molar-refractivity contribution < 1.29 is 9.15 Å². The molecule has 5 heteroatoms. The van der Waals surface area contributed by atoms with Gasteiger partial charge in [0.1, 0.15) is 6.26 Å². The number of nitrogens with zero attached hydrogens (tertiary/aromatic N) is 1. The summed E-state index contributed by atoms with van der Waals surface area (Å²) < 4.78 is 11.1. The maximum atomic E-state index is 5.68. The zero-order chi connectivity index (χ0) is 9.42. The van der Waals surface area contributed by atoms with E-state index < -0.39 is 0 Å². The van der Waals surface area contributed by atoms with Crippen molar-refractivity contribution in [3.05, 3.63) is 16.9 Å². The molecule has 0 aromatic carbocycles. The maximum absolute atomic E-state index is 5.68. The normalized spacial score (nSPS) is 10.6. The van der Waals surface area contributed by atoms with Crippen molar-refractivity contribution in [1.82, 2.24) is 4.98 Å². The van der Waals surface area contributed by atoms with Crippen LogP contribution in [0.3, 0.4) is 0 Å². The predicted molar refractivity (Wildman–Crippen MR) is 52.7 cm³/mol. The number of aromatic nitrogens is 1. The van der Waals surface area contributed by atoms with E-state index >= 15 is 0 Å². The number of hydrogen-bond donors (Lipinski definition) is 1. The van der Waals surface area contributed by atoms with E-state index in [-0.39, 0.29) is 0 Å². The van der Waals surface area contributed by atoms with Crippen molar-refractivity contribution in [3.8, 4) is 5.75 Å². The lowest BCUT2D eigenvalue weighted by Crippen LogP contribution is -1.93. The molecule has 0 unspecified atom stereocenters. The third kappa shape index (κ3) is 1.16. The Kier molecular flexibility index (Phi) is 1.88. The number of ether oxygens (including phenoxy) is 1. The minimum atomic E-state index is 0.497. The first kappa shape index (κ1) is 8.37. The van der Waals surface area contributed by atoms with Crippen molar-refractivity contribution in [1.29, 1.82) is 0 Å². The molecule has 0 aliphatic heterocycles. The van der Waals surface area contributed by atoms with Crippen molar-refractivity contribution in [3.63, 3.8) is 0 Å². The molecule has 0 atom stereocenters. The van der Waals surface area contributed by atoms with Crippen LogP contribution in [0.2, 0.25) is 0 Å². The molecule has 2 rings (SSSR count). The lowest BCUT2D eigenvalue weighted by molar-refractivity contribution is 0.421. The summed E-state index contributed by atoms with van der Waals surface area (Å²) in [7, 11) is 1.56. The topological polar surface area (TPSA) is 61.3 Å². The van der Waals surface area contributed by atoms with Crippen LogP contribution < -0.4 is 10.5 Å². The summed E-state index contributed by atoms with van der Waals surface area (Å²) in [5, 5.41) is 0.766. The summed E-state index contributed by atoms with van der Waals surface area (Å²) in [6, 6.07) is 0. The average molecular weight is 243 g/mol. The molecule has 68 valence electrons. The van der Waals surface area contributed by atoms with Gasteiger partial charge < -0.3 is 14.9 Å². The maximum Gasteiger partial charge on any atom is 0.230 e. The summed E-state index contributed by atoms with van der Waals surface area (Å²) in [6.45, 7) is 0. The second-order valence-electron chi connectivity index (χ2n) is 2.51. The van der Waals surface area contributed by atoms with Gasteiger partial charge in [-0.2, -0.15) is 0 Å². The Morgan fingerprint density at radius 2 is 2.38 bits per heavy atom. The molecule has 2 aromatic rings. The molecule has 0 aliphatic carbocycles. The molecule has 0 saturated heterocycles. The van der Waals surface area contributed by atoms with Gasteiger partial charge in [0.05, 0.1) is 28.9 Å². The van der Waals surface area contributed by atoms with Crippen LogP contribution in [0.15, 0.2) is 21.3 Å². The number of hydrogen-bond acceptors (Lipinski definition) is 4. The summed E-state index contributed by atoms with van der Waals surface area (Å²) in [5.41, 5.74) is 6.68. The van der Waals surface area contributed by atoms with Crippen LogP contribution in [0.5, 0.6) is 5.75 Å². The van der Waals surface area contributed by atoms with Gasteiger partial charge in [-0.1, -0.05) is 0 Å². The van der Waals surface area contributed by atoms with E-state index in [2.05, 4.69) is 20.9 Å². The molecule has 0 radical (unpaired) electrons. The van der Waals surface area contributed by atoms with Gasteiger partial charge in [0.2, 0.25) is 5.71 Å². The van der Waals surface area contributed by atoms with Gasteiger partial charge in [0, 0.05) is 0 Å². The van der Waals surface area contributed by atoms with Gasteiger partial charge in [-0.25, -0.2) is 4.98 Å². The van der Waals surface area contributed by atoms with E-state index in [4.69, 9.17) is 14.9 Å². The third-order valence-corrected chi connectivity index (χ3v) is 2.32. The number of nitrogen functional groups attached to an aromatic ring is 1. The van der Waals surface area contributed by atoms with E-state index in [1.165, 1.54) is 6.20 Å². The molecule has 4 nitrogen and oxygen atoms in total. The molecule has 2 N–H and O–H groups in total. The number of rotatable bonds is 1. The molecule has 13 heavy (non-hydrogen) atoms. The number of pyridine rings is 1. The smallest absolute Gasteiger partial charge is 0.230 e. The largest absolute Gasteiger partial charge is 0.494 e. The van der Waals surface area contributed by atoms with Crippen LogP contribution in [-0.2, 0) is 0 Å². The first-order chi connectivity index (χ1) is 6.24. The molecule has 0 bridgehead atoms. The van der Waals surface area contributed by atoms with E-state index in [9.17, 15) is 0 Å². The van der Waals surface area contributed by atoms with Crippen LogP contribution in [-0.4, -0.2) is 12.1 Å². The molecule has 0 aliphatic rings. The van der Waals surface area contributed by atoms with Gasteiger partial charge in [-0.3, -0.25) is 0 Å². The number of methoxy groups -OCH3 is 1. The van der Waals surface area contributed by atoms with E-state index in [0.29, 0.717) is 17.2 Å². The fraction of sp³-hybridized carbons (Fsp3) is 0.125. The predicted octanol–water partition coefficient (Wildman–Crippen LogP) is 2.18. The number of nitrogens with two attached hydrogens (primary N) is 1. The molecule has 2 heterocycles. The van der Waals surface area contributed by atoms with Crippen LogP contribution >= 0.6 is 15.9 Å². The number of furan rings is 1. The van der Waals surface area contributed by atoms with Crippen LogP contribution in [0, 0.1) is 0 Å². The molecule has 0 amide bonds. The Hall–Kier alpha value is -1.23. The van der Waals surface area contributed by atoms with Crippen LogP contribution in [0.4, 0.5) is 5.69 Å². The Balaban J connectivity index is 2.88. The second-order valence-corrected chi connectivity index (χ2v) is 3.36. The number of anilines is 1. The Labute approximate surface area is 82.8 Å². The lowest BCUT2D eigenvalue weighted by atomic mass is 10.3. The lowest BCUT2D eigenvalue weighted by Gasteiger charge is -2.03. The van der Waals surface area contributed by atoms with Crippen molar-refractivity contribution in [2.75, 3.05) is 12.8 Å². The van der Waals surface area contributed by atoms with Crippen molar-refractivity contribution in [2.24, 2.45) is 0 Å². The fourth-order valence-electron chi connectivity index (χ4n) is 1.18. The Bertz CT molecular complexity index is 453. The summed E-state index contributed by atoms with van der Waals surface area (Å²) >= 11 is 3.32. The van der Waals surface area contributed by atoms with Crippen LogP contribution in [0.25, 0.3) is 11.1 Å². The highest BCUT2D eigenvalue weighted by Crippen LogP contribution is 2.36.